The average molecular weight is 343 g/mol. The summed E-state index contributed by atoms with van der Waals surface area (Å²) in [5.74, 6) is 1.09. The van der Waals surface area contributed by atoms with Crippen LogP contribution in [0.3, 0.4) is 0 Å². The predicted molar refractivity (Wildman–Crippen MR) is 85.8 cm³/mol. The molecule has 22 heavy (non-hydrogen) atoms. The Labute approximate surface area is 133 Å². The average Bonchev–Trinajstić information content (AvgIpc) is 3.01. The van der Waals surface area contributed by atoms with E-state index in [4.69, 9.17) is 20.0 Å². The second kappa shape index (κ2) is 6.25. The highest BCUT2D eigenvalue weighted by atomic mass is 32.2. The van der Waals surface area contributed by atoms with E-state index in [1.54, 1.807) is 18.1 Å². The van der Waals surface area contributed by atoms with Crippen LogP contribution in [0.25, 0.3) is 11.2 Å². The van der Waals surface area contributed by atoms with E-state index < -0.39 is 8.60 Å². The number of aromatic nitrogens is 4. The maximum Gasteiger partial charge on any atom is 0.327 e. The van der Waals surface area contributed by atoms with Gasteiger partial charge in [-0.1, -0.05) is 13.8 Å². The minimum atomic E-state index is -2.31. The number of hydrogen-bond acceptors (Lipinski definition) is 8. The minimum Gasteiger partial charge on any atom is -0.382 e. The Morgan fingerprint density at radius 3 is 2.82 bits per heavy atom. The van der Waals surface area contributed by atoms with Crippen molar-refractivity contribution in [3.8, 4) is 0 Å². The second-order valence-corrected chi connectivity index (χ2v) is 7.54. The SMILES string of the molecule is C[C@@H]1C(COP(O)O)SC(n2cnc3c(N)ncnc32)[C@@H]1C. The van der Waals surface area contributed by atoms with Crippen molar-refractivity contribution >= 4 is 37.3 Å². The molecule has 1 saturated heterocycles. The first-order valence-electron chi connectivity index (χ1n) is 6.88. The molecule has 1 aliphatic rings. The topological polar surface area (TPSA) is 119 Å². The van der Waals surface area contributed by atoms with Crippen molar-refractivity contribution in [1.82, 2.24) is 19.5 Å². The fourth-order valence-electron chi connectivity index (χ4n) is 2.73. The summed E-state index contributed by atoms with van der Waals surface area (Å²) in [5.41, 5.74) is 7.16. The van der Waals surface area contributed by atoms with Gasteiger partial charge in [-0.2, -0.15) is 0 Å². The smallest absolute Gasteiger partial charge is 0.327 e. The van der Waals surface area contributed by atoms with E-state index in [0.29, 0.717) is 29.8 Å². The van der Waals surface area contributed by atoms with Crippen molar-refractivity contribution in [3.63, 3.8) is 0 Å². The first kappa shape index (κ1) is 15.9. The Morgan fingerprint density at radius 2 is 2.09 bits per heavy atom. The lowest BCUT2D eigenvalue weighted by Gasteiger charge is -2.18. The number of thioether (sulfide) groups is 1. The van der Waals surface area contributed by atoms with E-state index in [0.717, 1.165) is 5.65 Å². The lowest BCUT2D eigenvalue weighted by atomic mass is 9.93. The zero-order chi connectivity index (χ0) is 15.9. The molecule has 1 fully saturated rings. The molecule has 4 N–H and O–H groups in total. The third-order valence-electron chi connectivity index (χ3n) is 4.20. The van der Waals surface area contributed by atoms with Gasteiger partial charge in [0.1, 0.15) is 11.8 Å². The molecule has 2 aromatic rings. The summed E-state index contributed by atoms with van der Waals surface area (Å²) in [4.78, 5) is 30.4. The number of anilines is 1. The number of hydrogen-bond donors (Lipinski definition) is 3. The number of rotatable bonds is 4. The van der Waals surface area contributed by atoms with Gasteiger partial charge in [0.25, 0.3) is 0 Å². The van der Waals surface area contributed by atoms with Crippen molar-refractivity contribution in [3.05, 3.63) is 12.7 Å². The van der Waals surface area contributed by atoms with E-state index in [-0.39, 0.29) is 10.6 Å². The van der Waals surface area contributed by atoms with Crippen LogP contribution in [0.5, 0.6) is 0 Å². The van der Waals surface area contributed by atoms with Crippen LogP contribution in [0.1, 0.15) is 19.2 Å². The molecule has 1 aliphatic heterocycles. The number of nitrogen functional groups attached to an aromatic ring is 1. The maximum absolute atomic E-state index is 8.93. The molecule has 8 nitrogen and oxygen atoms in total. The minimum absolute atomic E-state index is 0.145. The summed E-state index contributed by atoms with van der Waals surface area (Å²) < 4.78 is 7.02. The summed E-state index contributed by atoms with van der Waals surface area (Å²) in [6.45, 7) is 4.62. The number of nitrogens with two attached hydrogens (primary N) is 1. The van der Waals surface area contributed by atoms with Crippen molar-refractivity contribution in [2.45, 2.75) is 24.5 Å². The van der Waals surface area contributed by atoms with E-state index >= 15 is 0 Å². The van der Waals surface area contributed by atoms with Gasteiger partial charge in [-0.05, 0) is 11.8 Å². The molecule has 0 amide bonds. The quantitative estimate of drug-likeness (QED) is 0.715. The Bertz CT molecular complexity index is 669. The summed E-state index contributed by atoms with van der Waals surface area (Å²) in [7, 11) is -2.31. The first-order valence-corrected chi connectivity index (χ1v) is 8.99. The molecule has 3 rings (SSSR count). The van der Waals surface area contributed by atoms with Crippen LogP contribution in [0, 0.1) is 11.8 Å². The Kier molecular flexibility index (Phi) is 4.52. The van der Waals surface area contributed by atoms with Crippen molar-refractivity contribution in [2.24, 2.45) is 11.8 Å². The van der Waals surface area contributed by atoms with Gasteiger partial charge in [0, 0.05) is 5.25 Å². The van der Waals surface area contributed by atoms with E-state index in [1.165, 1.54) is 6.33 Å². The van der Waals surface area contributed by atoms with Crippen molar-refractivity contribution in [2.75, 3.05) is 12.3 Å². The molecule has 0 bridgehead atoms. The lowest BCUT2D eigenvalue weighted by Crippen LogP contribution is -2.19. The highest BCUT2D eigenvalue weighted by molar-refractivity contribution is 8.00. The largest absolute Gasteiger partial charge is 0.382 e. The molecule has 4 atom stereocenters. The van der Waals surface area contributed by atoms with Gasteiger partial charge in [-0.15, -0.1) is 11.8 Å². The Hall–Kier alpha value is -0.990. The van der Waals surface area contributed by atoms with Gasteiger partial charge in [0.15, 0.2) is 11.5 Å². The molecule has 3 heterocycles. The van der Waals surface area contributed by atoms with Crippen LogP contribution in [-0.2, 0) is 4.52 Å². The van der Waals surface area contributed by atoms with Crippen LogP contribution in [0.4, 0.5) is 5.82 Å². The van der Waals surface area contributed by atoms with Crippen LogP contribution in [-0.4, -0.2) is 41.2 Å². The van der Waals surface area contributed by atoms with Gasteiger partial charge in [-0.25, -0.2) is 15.0 Å². The molecular formula is C12H18N5O3PS. The zero-order valence-electron chi connectivity index (χ0n) is 12.2. The second-order valence-electron chi connectivity index (χ2n) is 5.41. The fraction of sp³-hybridized carbons (Fsp3) is 0.583. The summed E-state index contributed by atoms with van der Waals surface area (Å²) in [6, 6.07) is 0. The third-order valence-corrected chi connectivity index (χ3v) is 6.43. The van der Waals surface area contributed by atoms with Crippen LogP contribution < -0.4 is 5.73 Å². The molecule has 0 saturated carbocycles. The van der Waals surface area contributed by atoms with Gasteiger partial charge in [0.2, 0.25) is 0 Å². The van der Waals surface area contributed by atoms with E-state index in [2.05, 4.69) is 28.8 Å². The number of nitrogens with zero attached hydrogens (tertiary/aromatic N) is 4. The fourth-order valence-corrected chi connectivity index (χ4v) is 4.91. The molecule has 0 spiro atoms. The van der Waals surface area contributed by atoms with Crippen molar-refractivity contribution < 1.29 is 14.3 Å². The van der Waals surface area contributed by atoms with Gasteiger partial charge >= 0.3 is 8.60 Å². The van der Waals surface area contributed by atoms with Gasteiger partial charge in [0.05, 0.1) is 18.3 Å². The standard InChI is InChI=1S/C12H18N5O3PS/c1-6-7(2)12(22-8(6)3-20-21(18)19)17-5-16-9-10(13)14-4-15-11(9)17/h4-8,12,18-19H,3H2,1-2H3,(H2,13,14,15)/t6-,7+,8?,12?/m0/s1. The van der Waals surface area contributed by atoms with Crippen molar-refractivity contribution in [1.29, 1.82) is 0 Å². The summed E-state index contributed by atoms with van der Waals surface area (Å²) >= 11 is 1.73. The number of fused-ring (bicyclic) bond motifs is 1. The first-order chi connectivity index (χ1) is 10.5. The van der Waals surface area contributed by atoms with Crippen LogP contribution in [0.2, 0.25) is 0 Å². The zero-order valence-corrected chi connectivity index (χ0v) is 13.9. The highest BCUT2D eigenvalue weighted by Gasteiger charge is 2.40. The Morgan fingerprint density at radius 1 is 1.32 bits per heavy atom. The highest BCUT2D eigenvalue weighted by Crippen LogP contribution is 2.50. The monoisotopic (exact) mass is 343 g/mol. The normalized spacial score (nSPS) is 28.8. The molecule has 120 valence electrons. The van der Waals surface area contributed by atoms with Gasteiger partial charge < -0.3 is 24.6 Å². The predicted octanol–water partition coefficient (Wildman–Crippen LogP) is 1.52. The Balaban J connectivity index is 1.86. The molecule has 2 aromatic heterocycles. The maximum atomic E-state index is 8.93. The lowest BCUT2D eigenvalue weighted by molar-refractivity contribution is 0.230. The number of imidazole rings is 1. The third kappa shape index (κ3) is 2.79. The van der Waals surface area contributed by atoms with Crippen LogP contribution >= 0.6 is 20.4 Å². The molecular weight excluding hydrogens is 325 g/mol. The van der Waals surface area contributed by atoms with E-state index in [1.807, 2.05) is 4.57 Å². The van der Waals surface area contributed by atoms with Gasteiger partial charge in [-0.3, -0.25) is 0 Å². The summed E-state index contributed by atoms with van der Waals surface area (Å²) in [5, 5.41) is 0.326. The molecule has 0 aromatic carbocycles. The molecule has 2 unspecified atom stereocenters. The molecule has 0 aliphatic carbocycles. The van der Waals surface area contributed by atoms with Crippen LogP contribution in [0.15, 0.2) is 12.7 Å². The molecule has 10 heteroatoms. The summed E-state index contributed by atoms with van der Waals surface area (Å²) in [6.07, 6.45) is 3.18. The molecule has 0 radical (unpaired) electrons. The van der Waals surface area contributed by atoms with E-state index in [9.17, 15) is 0 Å².